The maximum Gasteiger partial charge on any atom is 0.192 e. The lowest BCUT2D eigenvalue weighted by Gasteiger charge is -2.31. The number of piperidine rings is 1. The molecule has 1 aromatic heterocycles. The molecule has 1 fully saturated rings. The molecule has 2 heterocycles. The predicted molar refractivity (Wildman–Crippen MR) is 126 cm³/mol. The molecule has 3 aromatic rings. The molecule has 0 spiro atoms. The van der Waals surface area contributed by atoms with Crippen molar-refractivity contribution in [3.63, 3.8) is 0 Å². The first-order valence-corrected chi connectivity index (χ1v) is 11.4. The Hall–Kier alpha value is -2.98. The van der Waals surface area contributed by atoms with Crippen LogP contribution in [-0.2, 0) is 13.0 Å². The Morgan fingerprint density at radius 3 is 2.55 bits per heavy atom. The summed E-state index contributed by atoms with van der Waals surface area (Å²) in [6.45, 7) is 3.29. The minimum absolute atomic E-state index is 0.0820. The maximum absolute atomic E-state index is 13.2. The summed E-state index contributed by atoms with van der Waals surface area (Å²) in [5.41, 5.74) is 11.7. The normalized spacial score (nSPS) is 19.1. The quantitative estimate of drug-likeness (QED) is 0.602. The van der Waals surface area contributed by atoms with Crippen LogP contribution in [0.4, 0.5) is 5.69 Å². The van der Waals surface area contributed by atoms with Gasteiger partial charge in [0.25, 0.3) is 0 Å². The fourth-order valence-electron chi connectivity index (χ4n) is 4.98. The summed E-state index contributed by atoms with van der Waals surface area (Å²) in [4.78, 5) is 20.5. The number of aryl methyl sites for hydroxylation is 1. The summed E-state index contributed by atoms with van der Waals surface area (Å²) < 4.78 is 0. The van der Waals surface area contributed by atoms with Crippen LogP contribution < -0.4 is 5.73 Å². The van der Waals surface area contributed by atoms with E-state index >= 15 is 0 Å². The van der Waals surface area contributed by atoms with Crippen molar-refractivity contribution in [3.05, 3.63) is 83.1 Å². The summed E-state index contributed by atoms with van der Waals surface area (Å²) in [5, 5.41) is 0.877. The van der Waals surface area contributed by atoms with Crippen molar-refractivity contribution < 1.29 is 4.79 Å². The van der Waals surface area contributed by atoms with Gasteiger partial charge in [0.15, 0.2) is 5.78 Å². The molecular weight excluding hydrogens is 382 g/mol. The number of rotatable bonds is 4. The first-order chi connectivity index (χ1) is 15.2. The van der Waals surface area contributed by atoms with Crippen LogP contribution in [0.15, 0.2) is 66.2 Å². The minimum Gasteiger partial charge on any atom is -0.398 e. The molecule has 0 atom stereocenters. The Balaban J connectivity index is 1.24. The van der Waals surface area contributed by atoms with Crippen molar-refractivity contribution in [2.24, 2.45) is 5.92 Å². The number of anilines is 1. The lowest BCUT2D eigenvalue weighted by molar-refractivity contribution is 0.102. The van der Waals surface area contributed by atoms with E-state index in [-0.39, 0.29) is 5.78 Å². The number of carbonyl (C=O) groups excluding carboxylic acids is 1. The molecule has 2 aromatic carbocycles. The van der Waals surface area contributed by atoms with Crippen LogP contribution in [0.1, 0.15) is 47.3 Å². The topological polar surface area (TPSA) is 59.2 Å². The highest BCUT2D eigenvalue weighted by molar-refractivity contribution is 6.16. The molecular formula is C27H29N3O. The second-order valence-electron chi connectivity index (χ2n) is 8.86. The van der Waals surface area contributed by atoms with Crippen molar-refractivity contribution in [1.29, 1.82) is 0 Å². The Kier molecular flexibility index (Phi) is 5.56. The van der Waals surface area contributed by atoms with Crippen molar-refractivity contribution in [2.75, 3.05) is 18.8 Å². The number of nitrogens with two attached hydrogens (primary N) is 1. The highest BCUT2D eigenvalue weighted by Crippen LogP contribution is 2.34. The van der Waals surface area contributed by atoms with E-state index in [2.05, 4.69) is 41.3 Å². The van der Waals surface area contributed by atoms with E-state index in [4.69, 9.17) is 10.7 Å². The monoisotopic (exact) mass is 411 g/mol. The molecule has 4 nitrogen and oxygen atoms in total. The van der Waals surface area contributed by atoms with E-state index in [1.165, 1.54) is 18.4 Å². The number of carbonyl (C=O) groups is 1. The second-order valence-corrected chi connectivity index (χ2v) is 8.86. The largest absolute Gasteiger partial charge is 0.398 e. The molecule has 2 N–H and O–H groups in total. The van der Waals surface area contributed by atoms with E-state index in [1.54, 1.807) is 0 Å². The number of allylic oxidation sites excluding steroid dienone is 2. The molecule has 2 aliphatic rings. The van der Waals surface area contributed by atoms with Crippen LogP contribution in [0, 0.1) is 5.92 Å². The van der Waals surface area contributed by atoms with Gasteiger partial charge < -0.3 is 5.73 Å². The highest BCUT2D eigenvalue weighted by atomic mass is 16.1. The van der Waals surface area contributed by atoms with E-state index in [1.807, 2.05) is 24.3 Å². The zero-order valence-corrected chi connectivity index (χ0v) is 17.9. The van der Waals surface area contributed by atoms with Crippen LogP contribution in [-0.4, -0.2) is 28.8 Å². The fourth-order valence-corrected chi connectivity index (χ4v) is 4.98. The lowest BCUT2D eigenvalue weighted by Crippen LogP contribution is -2.33. The Bertz CT molecular complexity index is 1130. The van der Waals surface area contributed by atoms with Gasteiger partial charge in [-0.05, 0) is 68.3 Å². The van der Waals surface area contributed by atoms with Gasteiger partial charge >= 0.3 is 0 Å². The Labute approximate surface area is 183 Å². The zero-order chi connectivity index (χ0) is 21.2. The number of ketones is 1. The summed E-state index contributed by atoms with van der Waals surface area (Å²) >= 11 is 0. The maximum atomic E-state index is 13.2. The first-order valence-electron chi connectivity index (χ1n) is 11.4. The van der Waals surface area contributed by atoms with Crippen molar-refractivity contribution in [3.8, 4) is 0 Å². The molecule has 1 aliphatic heterocycles. The third-order valence-corrected chi connectivity index (χ3v) is 6.81. The molecule has 1 saturated heterocycles. The number of hydrogen-bond donors (Lipinski definition) is 1. The van der Waals surface area contributed by atoms with Crippen LogP contribution in [0.5, 0.6) is 0 Å². The number of Topliss-reactive ketones (excluding diaryl/α,β-unsaturated/α-hetero) is 1. The molecule has 5 rings (SSSR count). The number of likely N-dealkylation sites (tertiary alicyclic amines) is 1. The SMILES string of the molecule is Nc1c2c(nc3ccccc13)CCC(=CCC1CCN(Cc3ccccc3)CC1)C2=O. The molecule has 0 saturated carbocycles. The molecule has 4 heteroatoms. The van der Waals surface area contributed by atoms with Crippen molar-refractivity contribution >= 4 is 22.4 Å². The highest BCUT2D eigenvalue weighted by Gasteiger charge is 2.27. The van der Waals surface area contributed by atoms with Crippen LogP contribution in [0.2, 0.25) is 0 Å². The first kappa shape index (κ1) is 20.0. The number of fused-ring (bicyclic) bond motifs is 2. The summed E-state index contributed by atoms with van der Waals surface area (Å²) in [5.74, 6) is 0.735. The second kappa shape index (κ2) is 8.64. The van der Waals surface area contributed by atoms with Gasteiger partial charge in [-0.25, -0.2) is 0 Å². The minimum atomic E-state index is 0.0820. The number of aromatic nitrogens is 1. The molecule has 0 bridgehead atoms. The van der Waals surface area contributed by atoms with Gasteiger partial charge in [-0.15, -0.1) is 0 Å². The number of nitrogen functional groups attached to an aromatic ring is 1. The smallest absolute Gasteiger partial charge is 0.192 e. The fraction of sp³-hybridized carbons (Fsp3) is 0.333. The van der Waals surface area contributed by atoms with Crippen molar-refractivity contribution in [2.45, 2.75) is 38.6 Å². The zero-order valence-electron chi connectivity index (χ0n) is 17.9. The van der Waals surface area contributed by atoms with Crippen molar-refractivity contribution in [1.82, 2.24) is 9.88 Å². The Morgan fingerprint density at radius 2 is 1.74 bits per heavy atom. The van der Waals surface area contributed by atoms with Crippen LogP contribution in [0.25, 0.3) is 10.9 Å². The average Bonchev–Trinajstić information content (AvgIpc) is 2.80. The number of benzene rings is 2. The van der Waals surface area contributed by atoms with Gasteiger partial charge in [0.05, 0.1) is 22.5 Å². The third kappa shape index (κ3) is 4.13. The number of hydrogen-bond acceptors (Lipinski definition) is 4. The van der Waals surface area contributed by atoms with Gasteiger partial charge in [-0.2, -0.15) is 0 Å². The number of nitrogens with zero attached hydrogens (tertiary/aromatic N) is 2. The van der Waals surface area contributed by atoms with Gasteiger partial charge in [0.2, 0.25) is 0 Å². The predicted octanol–water partition coefficient (Wildman–Crippen LogP) is 5.17. The average molecular weight is 412 g/mol. The molecule has 31 heavy (non-hydrogen) atoms. The summed E-state index contributed by atoms with van der Waals surface area (Å²) in [6, 6.07) is 18.5. The van der Waals surface area contributed by atoms with Gasteiger partial charge in [0, 0.05) is 11.9 Å². The molecule has 0 radical (unpaired) electrons. The van der Waals surface area contributed by atoms with E-state index in [0.29, 0.717) is 17.2 Å². The standard InChI is InChI=1S/C27H29N3O/c28-26-22-8-4-5-9-23(22)29-24-13-12-21(27(31)25(24)26)11-10-19-14-16-30(17-15-19)18-20-6-2-1-3-7-20/h1-9,11,19H,10,12-18H2,(H2,28,29). The molecule has 158 valence electrons. The Morgan fingerprint density at radius 1 is 1.00 bits per heavy atom. The number of pyridine rings is 1. The van der Waals surface area contributed by atoms with E-state index in [0.717, 1.165) is 61.1 Å². The molecule has 1 aliphatic carbocycles. The molecule has 0 amide bonds. The van der Waals surface area contributed by atoms with Gasteiger partial charge in [0.1, 0.15) is 0 Å². The van der Waals surface area contributed by atoms with Crippen LogP contribution in [0.3, 0.4) is 0 Å². The van der Waals surface area contributed by atoms with E-state index in [9.17, 15) is 4.79 Å². The van der Waals surface area contributed by atoms with Gasteiger partial charge in [-0.3, -0.25) is 14.7 Å². The van der Waals surface area contributed by atoms with E-state index < -0.39 is 0 Å². The summed E-state index contributed by atoms with van der Waals surface area (Å²) in [6.07, 6.45) is 7.11. The third-order valence-electron chi connectivity index (χ3n) is 6.81. The number of para-hydroxylation sites is 1. The van der Waals surface area contributed by atoms with Gasteiger partial charge in [-0.1, -0.05) is 54.6 Å². The van der Waals surface area contributed by atoms with Crippen LogP contribution >= 0.6 is 0 Å². The summed E-state index contributed by atoms with van der Waals surface area (Å²) in [7, 11) is 0. The lowest BCUT2D eigenvalue weighted by atomic mass is 9.85. The molecule has 0 unspecified atom stereocenters.